The SMILES string of the molecule is C=CCNc1ccnc(Nc2cccc(C#N)c2)n1. The lowest BCUT2D eigenvalue weighted by Crippen LogP contribution is -2.03. The van der Waals surface area contributed by atoms with E-state index >= 15 is 0 Å². The minimum atomic E-state index is 0.476. The van der Waals surface area contributed by atoms with Gasteiger partial charge >= 0.3 is 0 Å². The van der Waals surface area contributed by atoms with Crippen LogP contribution in [0.15, 0.2) is 49.2 Å². The summed E-state index contributed by atoms with van der Waals surface area (Å²) >= 11 is 0. The van der Waals surface area contributed by atoms with E-state index in [1.807, 2.05) is 6.07 Å². The quantitative estimate of drug-likeness (QED) is 0.799. The van der Waals surface area contributed by atoms with Crippen molar-refractivity contribution in [2.45, 2.75) is 0 Å². The summed E-state index contributed by atoms with van der Waals surface area (Å²) in [7, 11) is 0. The van der Waals surface area contributed by atoms with Gasteiger partial charge in [0.15, 0.2) is 0 Å². The zero-order valence-electron chi connectivity index (χ0n) is 10.3. The van der Waals surface area contributed by atoms with Gasteiger partial charge in [-0.2, -0.15) is 10.2 Å². The van der Waals surface area contributed by atoms with E-state index in [0.29, 0.717) is 23.9 Å². The lowest BCUT2D eigenvalue weighted by molar-refractivity contribution is 1.14. The third-order valence-corrected chi connectivity index (χ3v) is 2.33. The van der Waals surface area contributed by atoms with Gasteiger partial charge < -0.3 is 10.6 Å². The number of nitrogens with one attached hydrogen (secondary N) is 2. The van der Waals surface area contributed by atoms with Crippen molar-refractivity contribution in [2.24, 2.45) is 0 Å². The zero-order chi connectivity index (χ0) is 13.5. The second-order valence-corrected chi connectivity index (χ2v) is 3.75. The molecule has 1 aromatic heterocycles. The minimum absolute atomic E-state index is 0.476. The minimum Gasteiger partial charge on any atom is -0.366 e. The Morgan fingerprint density at radius 1 is 1.37 bits per heavy atom. The molecule has 0 fully saturated rings. The van der Waals surface area contributed by atoms with Gasteiger partial charge in [-0.15, -0.1) is 6.58 Å². The van der Waals surface area contributed by atoms with Gasteiger partial charge in [-0.25, -0.2) is 4.98 Å². The Labute approximate surface area is 111 Å². The zero-order valence-corrected chi connectivity index (χ0v) is 10.3. The van der Waals surface area contributed by atoms with Crippen molar-refractivity contribution in [2.75, 3.05) is 17.2 Å². The fraction of sp³-hybridized carbons (Fsp3) is 0.0714. The van der Waals surface area contributed by atoms with Crippen LogP contribution in [0.5, 0.6) is 0 Å². The number of hydrogen-bond donors (Lipinski definition) is 2. The van der Waals surface area contributed by atoms with Crippen LogP contribution in [0.2, 0.25) is 0 Å². The van der Waals surface area contributed by atoms with Crippen LogP contribution in [0.4, 0.5) is 17.5 Å². The summed E-state index contributed by atoms with van der Waals surface area (Å²) in [5.41, 5.74) is 1.37. The molecule has 5 heteroatoms. The molecule has 0 aliphatic carbocycles. The summed E-state index contributed by atoms with van der Waals surface area (Å²) in [6.07, 6.45) is 3.42. The molecule has 0 spiro atoms. The van der Waals surface area contributed by atoms with Crippen molar-refractivity contribution in [1.29, 1.82) is 5.26 Å². The van der Waals surface area contributed by atoms with Crippen molar-refractivity contribution < 1.29 is 0 Å². The van der Waals surface area contributed by atoms with E-state index in [1.54, 1.807) is 36.5 Å². The molecule has 0 unspecified atom stereocenters. The molecule has 0 bridgehead atoms. The van der Waals surface area contributed by atoms with Crippen LogP contribution >= 0.6 is 0 Å². The molecule has 2 rings (SSSR count). The van der Waals surface area contributed by atoms with Gasteiger partial charge in [-0.05, 0) is 24.3 Å². The van der Waals surface area contributed by atoms with Gasteiger partial charge in [0.1, 0.15) is 5.82 Å². The molecule has 0 aliphatic rings. The monoisotopic (exact) mass is 251 g/mol. The standard InChI is InChI=1S/C14H13N5/c1-2-7-16-13-6-8-17-14(19-13)18-12-5-3-4-11(9-12)10-15/h2-6,8-9H,1,7H2,(H2,16,17,18,19). The average Bonchev–Trinajstić information content (AvgIpc) is 2.46. The molecule has 94 valence electrons. The molecular formula is C14H13N5. The first-order chi connectivity index (χ1) is 9.31. The molecule has 0 saturated carbocycles. The Balaban J connectivity index is 2.14. The highest BCUT2D eigenvalue weighted by Gasteiger charge is 2.00. The largest absolute Gasteiger partial charge is 0.366 e. The first kappa shape index (κ1) is 12.6. The third kappa shape index (κ3) is 3.54. The van der Waals surface area contributed by atoms with Crippen LogP contribution in [0.3, 0.4) is 0 Å². The number of rotatable bonds is 5. The van der Waals surface area contributed by atoms with Gasteiger partial charge in [0, 0.05) is 18.4 Å². The first-order valence-electron chi connectivity index (χ1n) is 5.77. The molecule has 0 amide bonds. The maximum atomic E-state index is 8.84. The number of benzene rings is 1. The molecule has 1 aromatic carbocycles. The van der Waals surface area contributed by atoms with Gasteiger partial charge in [0.25, 0.3) is 0 Å². The summed E-state index contributed by atoms with van der Waals surface area (Å²) in [4.78, 5) is 8.42. The van der Waals surface area contributed by atoms with Gasteiger partial charge in [0.05, 0.1) is 11.6 Å². The van der Waals surface area contributed by atoms with Crippen LogP contribution in [0.25, 0.3) is 0 Å². The molecule has 5 nitrogen and oxygen atoms in total. The molecule has 0 radical (unpaired) electrons. The average molecular weight is 251 g/mol. The molecular weight excluding hydrogens is 238 g/mol. The van der Waals surface area contributed by atoms with Gasteiger partial charge in [-0.1, -0.05) is 12.1 Å². The van der Waals surface area contributed by atoms with Gasteiger partial charge in [0.2, 0.25) is 5.95 Å². The first-order valence-corrected chi connectivity index (χ1v) is 5.77. The summed E-state index contributed by atoms with van der Waals surface area (Å²) in [6, 6.07) is 11.0. The molecule has 0 atom stereocenters. The normalized spacial score (nSPS) is 9.42. The smallest absolute Gasteiger partial charge is 0.229 e. The fourth-order valence-corrected chi connectivity index (χ4v) is 1.49. The third-order valence-electron chi connectivity index (χ3n) is 2.33. The Morgan fingerprint density at radius 3 is 3.05 bits per heavy atom. The number of nitrogens with zero attached hydrogens (tertiary/aromatic N) is 3. The second kappa shape index (κ2) is 6.17. The van der Waals surface area contributed by atoms with Crippen LogP contribution in [0, 0.1) is 11.3 Å². The predicted molar refractivity (Wildman–Crippen MR) is 75.2 cm³/mol. The Hall–Kier alpha value is -2.87. The molecule has 2 aromatic rings. The van der Waals surface area contributed by atoms with Crippen molar-refractivity contribution in [3.8, 4) is 6.07 Å². The highest BCUT2D eigenvalue weighted by molar-refractivity contribution is 5.57. The number of hydrogen-bond acceptors (Lipinski definition) is 5. The molecule has 1 heterocycles. The Morgan fingerprint density at radius 2 is 2.26 bits per heavy atom. The lowest BCUT2D eigenvalue weighted by Gasteiger charge is -2.07. The highest BCUT2D eigenvalue weighted by atomic mass is 15.1. The van der Waals surface area contributed by atoms with Crippen LogP contribution in [-0.2, 0) is 0 Å². The Kier molecular flexibility index (Phi) is 4.09. The Bertz CT molecular complexity index is 615. The van der Waals surface area contributed by atoms with Crippen LogP contribution in [-0.4, -0.2) is 16.5 Å². The van der Waals surface area contributed by atoms with E-state index in [-0.39, 0.29) is 0 Å². The van der Waals surface area contributed by atoms with E-state index < -0.39 is 0 Å². The van der Waals surface area contributed by atoms with Crippen molar-refractivity contribution in [3.05, 3.63) is 54.7 Å². The van der Waals surface area contributed by atoms with Crippen molar-refractivity contribution in [3.63, 3.8) is 0 Å². The number of anilines is 3. The van der Waals surface area contributed by atoms with Crippen molar-refractivity contribution >= 4 is 17.5 Å². The maximum Gasteiger partial charge on any atom is 0.229 e. The van der Waals surface area contributed by atoms with E-state index in [2.05, 4.69) is 33.2 Å². The molecule has 19 heavy (non-hydrogen) atoms. The summed E-state index contributed by atoms with van der Waals surface area (Å²) < 4.78 is 0. The second-order valence-electron chi connectivity index (χ2n) is 3.75. The lowest BCUT2D eigenvalue weighted by atomic mass is 10.2. The molecule has 2 N–H and O–H groups in total. The summed E-state index contributed by atoms with van der Waals surface area (Å²) in [5.74, 6) is 1.19. The van der Waals surface area contributed by atoms with E-state index in [9.17, 15) is 0 Å². The molecule has 0 saturated heterocycles. The van der Waals surface area contributed by atoms with E-state index in [0.717, 1.165) is 5.69 Å². The predicted octanol–water partition coefficient (Wildman–Crippen LogP) is 2.69. The van der Waals surface area contributed by atoms with Crippen LogP contribution < -0.4 is 10.6 Å². The highest BCUT2D eigenvalue weighted by Crippen LogP contribution is 2.15. The number of nitriles is 1. The number of aromatic nitrogens is 2. The summed E-state index contributed by atoms with van der Waals surface area (Å²) in [5, 5.41) is 15.0. The maximum absolute atomic E-state index is 8.84. The summed E-state index contributed by atoms with van der Waals surface area (Å²) in [6.45, 7) is 4.27. The van der Waals surface area contributed by atoms with E-state index in [4.69, 9.17) is 5.26 Å². The van der Waals surface area contributed by atoms with Crippen LogP contribution in [0.1, 0.15) is 5.56 Å². The fourth-order valence-electron chi connectivity index (χ4n) is 1.49. The topological polar surface area (TPSA) is 73.6 Å². The van der Waals surface area contributed by atoms with E-state index in [1.165, 1.54) is 0 Å². The molecule has 0 aliphatic heterocycles. The van der Waals surface area contributed by atoms with Crippen molar-refractivity contribution in [1.82, 2.24) is 9.97 Å². The van der Waals surface area contributed by atoms with Gasteiger partial charge in [-0.3, -0.25) is 0 Å².